The Kier molecular flexibility index (Phi) is 8.21. The van der Waals surface area contributed by atoms with Gasteiger partial charge in [0, 0.05) is 0 Å². The van der Waals surface area contributed by atoms with Crippen LogP contribution in [0.3, 0.4) is 0 Å². The van der Waals surface area contributed by atoms with E-state index in [1.54, 1.807) is 38.1 Å². The van der Waals surface area contributed by atoms with Gasteiger partial charge < -0.3 is 12.3 Å². The molecule has 5 heteroatoms. The third-order valence-electron chi connectivity index (χ3n) is 1.91. The number of hydrogen-bond donors (Lipinski definition) is 0. The number of esters is 2. The molecule has 1 rings (SSSR count). The van der Waals surface area contributed by atoms with Gasteiger partial charge in [-0.3, -0.25) is 0 Å². The van der Waals surface area contributed by atoms with Crippen molar-refractivity contribution in [2.24, 2.45) is 0 Å². The first-order valence-corrected chi connectivity index (χ1v) is 5.13. The van der Waals surface area contributed by atoms with Gasteiger partial charge >= 0.3 is 49.7 Å². The normalized spacial score (nSPS) is 9.06. The third-order valence-corrected chi connectivity index (χ3v) is 1.91. The van der Waals surface area contributed by atoms with Crippen molar-refractivity contribution in [1.29, 1.82) is 0 Å². The second kappa shape index (κ2) is 8.50. The van der Waals surface area contributed by atoms with Crippen LogP contribution >= 0.6 is 0 Å². The van der Waals surface area contributed by atoms with Crippen LogP contribution in [0.5, 0.6) is 0 Å². The Morgan fingerprint density at radius 1 is 0.941 bits per heavy atom. The predicted octanol–water partition coefficient (Wildman–Crippen LogP) is 1.88. The van der Waals surface area contributed by atoms with Crippen LogP contribution in [-0.2, 0) is 9.47 Å². The Hall–Kier alpha value is -0.580. The van der Waals surface area contributed by atoms with Crippen molar-refractivity contribution in [2.45, 2.75) is 13.8 Å². The number of ether oxygens (including phenoxy) is 2. The van der Waals surface area contributed by atoms with Crippen molar-refractivity contribution in [3.05, 3.63) is 35.4 Å². The molecule has 0 radical (unpaired) electrons. The summed E-state index contributed by atoms with van der Waals surface area (Å²) in [6.45, 7) is 4.15. The van der Waals surface area contributed by atoms with E-state index in [1.807, 2.05) is 0 Å². The molecule has 0 aliphatic carbocycles. The second-order valence-electron chi connectivity index (χ2n) is 3.02. The molecule has 0 saturated carbocycles. The Morgan fingerprint density at radius 3 is 1.47 bits per heavy atom. The van der Waals surface area contributed by atoms with Crippen molar-refractivity contribution in [3.63, 3.8) is 0 Å². The zero-order valence-corrected chi connectivity index (χ0v) is 12.3. The molecule has 4 nitrogen and oxygen atoms in total. The number of rotatable bonds is 4. The molecule has 0 aliphatic rings. The van der Waals surface area contributed by atoms with Gasteiger partial charge in [0.1, 0.15) is 0 Å². The van der Waals surface area contributed by atoms with Gasteiger partial charge in [-0.1, -0.05) is 0 Å². The molecule has 0 spiro atoms. The number of carbonyl (C=O) groups is 2. The summed E-state index contributed by atoms with van der Waals surface area (Å²) in [6.07, 6.45) is 0. The van der Waals surface area contributed by atoms with Gasteiger partial charge in [0.15, 0.2) is 0 Å². The molecule has 0 aromatic heterocycles. The summed E-state index contributed by atoms with van der Waals surface area (Å²) < 4.78 is 9.64. The second-order valence-corrected chi connectivity index (χ2v) is 3.02. The molecule has 0 amide bonds. The summed E-state index contributed by atoms with van der Waals surface area (Å²) >= 11 is 0. The smallest absolute Gasteiger partial charge is 1.00 e. The molecule has 1 aromatic rings. The van der Waals surface area contributed by atoms with Gasteiger partial charge in [-0.15, -0.1) is 0 Å². The standard InChI is InChI=1S/C12H14O4.Ca.2H/c1-3-15-11(13)9-5-7-10(8-6-9)12(14)16-4-2;;;/h5-8H,3-4H2,1-2H3;;;/q;+2;2*-1. The molecule has 0 saturated heterocycles. The van der Waals surface area contributed by atoms with E-state index in [4.69, 9.17) is 9.47 Å². The van der Waals surface area contributed by atoms with Crippen LogP contribution < -0.4 is 0 Å². The van der Waals surface area contributed by atoms with Gasteiger partial charge in [-0.2, -0.15) is 0 Å². The molecule has 0 fully saturated rings. The maximum atomic E-state index is 11.3. The van der Waals surface area contributed by atoms with E-state index in [0.717, 1.165) is 0 Å². The van der Waals surface area contributed by atoms with Crippen LogP contribution in [0.1, 0.15) is 37.4 Å². The van der Waals surface area contributed by atoms with E-state index in [-0.39, 0.29) is 40.6 Å². The Morgan fingerprint density at radius 2 is 1.24 bits per heavy atom. The molecular weight excluding hydrogens is 248 g/mol. The fraction of sp³-hybridized carbons (Fsp3) is 0.333. The van der Waals surface area contributed by atoms with E-state index in [9.17, 15) is 9.59 Å². The van der Waals surface area contributed by atoms with Crippen LogP contribution in [0.4, 0.5) is 0 Å². The van der Waals surface area contributed by atoms with Crippen molar-refractivity contribution in [2.75, 3.05) is 13.2 Å². The maximum Gasteiger partial charge on any atom is 2.00 e. The first-order valence-electron chi connectivity index (χ1n) is 5.13. The molecule has 0 N–H and O–H groups in total. The van der Waals surface area contributed by atoms with E-state index in [1.165, 1.54) is 0 Å². The van der Waals surface area contributed by atoms with Crippen LogP contribution in [0.15, 0.2) is 24.3 Å². The van der Waals surface area contributed by atoms with E-state index >= 15 is 0 Å². The molecule has 0 atom stereocenters. The first-order chi connectivity index (χ1) is 7.69. The molecule has 1 aromatic carbocycles. The van der Waals surface area contributed by atoms with Gasteiger partial charge in [0.05, 0.1) is 24.3 Å². The van der Waals surface area contributed by atoms with Crippen LogP contribution in [-0.4, -0.2) is 62.9 Å². The van der Waals surface area contributed by atoms with Crippen LogP contribution in [0.2, 0.25) is 0 Å². The molecule has 17 heavy (non-hydrogen) atoms. The Labute approximate surface area is 133 Å². The van der Waals surface area contributed by atoms with Crippen molar-refractivity contribution in [1.82, 2.24) is 0 Å². The number of benzene rings is 1. The summed E-state index contributed by atoms with van der Waals surface area (Å²) in [5.41, 5.74) is 0.852. The van der Waals surface area contributed by atoms with Crippen LogP contribution in [0.25, 0.3) is 0 Å². The minimum Gasteiger partial charge on any atom is -1.00 e. The van der Waals surface area contributed by atoms with Gasteiger partial charge in [0.2, 0.25) is 0 Å². The molecule has 0 bridgehead atoms. The Bertz CT molecular complexity index is 345. The monoisotopic (exact) mass is 264 g/mol. The zero-order chi connectivity index (χ0) is 12.0. The SMILES string of the molecule is CCOC(=O)c1ccc(C(=O)OCC)cc1.[Ca+2].[H-].[H-]. The minimum atomic E-state index is -0.391. The first kappa shape index (κ1) is 16.4. The molecule has 0 unspecified atom stereocenters. The average molecular weight is 264 g/mol. The maximum absolute atomic E-state index is 11.3. The fourth-order valence-corrected chi connectivity index (χ4v) is 1.17. The number of hydrogen-bond acceptors (Lipinski definition) is 4. The summed E-state index contributed by atoms with van der Waals surface area (Å²) in [5, 5.41) is 0. The number of carbonyl (C=O) groups excluding carboxylic acids is 2. The third kappa shape index (κ3) is 5.06. The van der Waals surface area contributed by atoms with Crippen molar-refractivity contribution < 1.29 is 21.9 Å². The van der Waals surface area contributed by atoms with E-state index < -0.39 is 11.9 Å². The summed E-state index contributed by atoms with van der Waals surface area (Å²) in [7, 11) is 0. The molecule has 0 heterocycles. The van der Waals surface area contributed by atoms with Crippen LogP contribution in [0, 0.1) is 0 Å². The topological polar surface area (TPSA) is 52.6 Å². The fourth-order valence-electron chi connectivity index (χ4n) is 1.17. The molecule has 0 aliphatic heterocycles. The summed E-state index contributed by atoms with van der Waals surface area (Å²) in [4.78, 5) is 22.6. The quantitative estimate of drug-likeness (QED) is 0.615. The van der Waals surface area contributed by atoms with Crippen molar-refractivity contribution in [3.8, 4) is 0 Å². The van der Waals surface area contributed by atoms with Gasteiger partial charge in [0.25, 0.3) is 0 Å². The van der Waals surface area contributed by atoms with Gasteiger partial charge in [-0.25, -0.2) is 9.59 Å². The summed E-state index contributed by atoms with van der Waals surface area (Å²) in [6, 6.07) is 6.18. The van der Waals surface area contributed by atoms with E-state index in [0.29, 0.717) is 24.3 Å². The van der Waals surface area contributed by atoms with Gasteiger partial charge in [-0.05, 0) is 38.1 Å². The largest absolute Gasteiger partial charge is 2.00 e. The van der Waals surface area contributed by atoms with Crippen molar-refractivity contribution >= 4 is 49.7 Å². The summed E-state index contributed by atoms with van der Waals surface area (Å²) in [5.74, 6) is -0.782. The zero-order valence-electron chi connectivity index (χ0n) is 12.1. The molecular formula is C12H16CaO4. The van der Waals surface area contributed by atoms with E-state index in [2.05, 4.69) is 0 Å². The minimum absolute atomic E-state index is 0. The predicted molar refractivity (Wildman–Crippen MR) is 66.3 cm³/mol. The molecule has 90 valence electrons. The average Bonchev–Trinajstić information content (AvgIpc) is 2.30. The Balaban J connectivity index is -0.000000853.